The molecule has 0 bridgehead atoms. The molecule has 3 nitrogen and oxygen atoms in total. The number of rotatable bonds is 6. The molecular weight excluding hydrogens is 347 g/mol. The minimum Gasteiger partial charge on any atom is -0.507 e. The van der Waals surface area contributed by atoms with Gasteiger partial charge in [-0.05, 0) is 40.8 Å². The van der Waals surface area contributed by atoms with Crippen LogP contribution in [0.1, 0.15) is 0 Å². The van der Waals surface area contributed by atoms with E-state index in [1.54, 1.807) is 12.1 Å². The van der Waals surface area contributed by atoms with Gasteiger partial charge in [-0.3, -0.25) is 0 Å². The maximum atomic E-state index is 9.49. The van der Waals surface area contributed by atoms with E-state index in [1.807, 2.05) is 6.07 Å². The molecule has 0 spiro atoms. The first kappa shape index (κ1) is 14.8. The summed E-state index contributed by atoms with van der Waals surface area (Å²) in [7, 11) is -1.03. The molecule has 0 saturated carbocycles. The Kier molecular flexibility index (Phi) is 5.74. The summed E-state index contributed by atoms with van der Waals surface area (Å²) in [6.07, 6.45) is 0. The molecule has 0 unspecified atom stereocenters. The predicted octanol–water partition coefficient (Wildman–Crippen LogP) is 3.69. The quantitative estimate of drug-likeness (QED) is 0.361. The summed E-state index contributed by atoms with van der Waals surface area (Å²) in [5.41, 5.74) is 0. The van der Waals surface area contributed by atoms with Gasteiger partial charge in [0.05, 0.1) is 3.57 Å². The molecule has 0 saturated heterocycles. The second kappa shape index (κ2) is 6.60. The highest BCUT2D eigenvalue weighted by atomic mass is 127. The number of hydrogen-bond donors (Lipinski definition) is 1. The van der Waals surface area contributed by atoms with E-state index >= 15 is 0 Å². The average molecular weight is 366 g/mol. The number of phenols is 1. The second-order valence-corrected chi connectivity index (χ2v) is 11.8. The van der Waals surface area contributed by atoms with Crippen LogP contribution >= 0.6 is 22.6 Å². The van der Waals surface area contributed by atoms with E-state index in [-0.39, 0.29) is 12.5 Å². The molecule has 1 rings (SSSR count). The molecule has 0 amide bonds. The number of aromatic hydroxyl groups is 1. The average Bonchev–Trinajstić information content (AvgIpc) is 2.22. The molecule has 0 heterocycles. The van der Waals surface area contributed by atoms with Gasteiger partial charge >= 0.3 is 0 Å². The largest absolute Gasteiger partial charge is 0.507 e. The van der Waals surface area contributed by atoms with Gasteiger partial charge in [-0.25, -0.2) is 0 Å². The topological polar surface area (TPSA) is 38.7 Å². The Bertz CT molecular complexity index is 363. The van der Waals surface area contributed by atoms with Crippen LogP contribution in [0.5, 0.6) is 11.5 Å². The monoisotopic (exact) mass is 366 g/mol. The Morgan fingerprint density at radius 1 is 1.29 bits per heavy atom. The Balaban J connectivity index is 2.29. The Labute approximate surface area is 117 Å². The van der Waals surface area contributed by atoms with Crippen LogP contribution in [0.25, 0.3) is 0 Å². The highest BCUT2D eigenvalue weighted by Gasteiger charge is 2.12. The van der Waals surface area contributed by atoms with Crippen LogP contribution < -0.4 is 4.74 Å². The van der Waals surface area contributed by atoms with Crippen molar-refractivity contribution in [1.82, 2.24) is 0 Å². The Morgan fingerprint density at radius 2 is 2.00 bits per heavy atom. The van der Waals surface area contributed by atoms with Gasteiger partial charge in [0.1, 0.15) is 11.5 Å². The van der Waals surface area contributed by atoms with Crippen LogP contribution in [-0.4, -0.2) is 26.6 Å². The first-order valence-corrected chi connectivity index (χ1v) is 10.4. The molecule has 1 aromatic carbocycles. The number of phenolic OH excluding ortho intramolecular Hbond substituents is 1. The minimum atomic E-state index is -1.03. The van der Waals surface area contributed by atoms with Crippen molar-refractivity contribution in [2.45, 2.75) is 25.7 Å². The highest BCUT2D eigenvalue weighted by molar-refractivity contribution is 14.1. The highest BCUT2D eigenvalue weighted by Crippen LogP contribution is 2.28. The van der Waals surface area contributed by atoms with Crippen LogP contribution in [0, 0.1) is 3.57 Å². The van der Waals surface area contributed by atoms with Crippen molar-refractivity contribution in [3.8, 4) is 11.5 Å². The van der Waals surface area contributed by atoms with Crippen molar-refractivity contribution >= 4 is 30.7 Å². The van der Waals surface area contributed by atoms with E-state index < -0.39 is 8.07 Å². The van der Waals surface area contributed by atoms with Gasteiger partial charge in [0.15, 0.2) is 6.79 Å². The molecular formula is C12H19IO3Si. The second-order valence-electron chi connectivity index (χ2n) is 5.07. The third kappa shape index (κ3) is 5.74. The first-order valence-electron chi connectivity index (χ1n) is 5.58. The third-order valence-corrected chi connectivity index (χ3v) is 5.03. The van der Waals surface area contributed by atoms with E-state index in [9.17, 15) is 5.11 Å². The zero-order valence-electron chi connectivity index (χ0n) is 10.5. The summed E-state index contributed by atoms with van der Waals surface area (Å²) < 4.78 is 11.6. The fraction of sp³-hybridized carbons (Fsp3) is 0.500. The van der Waals surface area contributed by atoms with Crippen LogP contribution in [-0.2, 0) is 4.74 Å². The van der Waals surface area contributed by atoms with Crippen molar-refractivity contribution in [3.05, 3.63) is 21.8 Å². The molecule has 0 radical (unpaired) electrons. The molecule has 0 aliphatic rings. The normalized spacial score (nSPS) is 11.5. The van der Waals surface area contributed by atoms with E-state index in [1.165, 1.54) is 0 Å². The van der Waals surface area contributed by atoms with E-state index in [2.05, 4.69) is 42.2 Å². The van der Waals surface area contributed by atoms with Crippen molar-refractivity contribution in [2.24, 2.45) is 0 Å². The zero-order chi connectivity index (χ0) is 12.9. The molecule has 1 aromatic rings. The molecule has 96 valence electrons. The summed E-state index contributed by atoms with van der Waals surface area (Å²) in [6, 6.07) is 6.35. The van der Waals surface area contributed by atoms with Crippen molar-refractivity contribution in [3.63, 3.8) is 0 Å². The number of ether oxygens (including phenoxy) is 2. The molecule has 0 aliphatic heterocycles. The summed E-state index contributed by atoms with van der Waals surface area (Å²) in [4.78, 5) is 0. The number of hydrogen-bond acceptors (Lipinski definition) is 3. The lowest BCUT2D eigenvalue weighted by atomic mass is 10.3. The minimum absolute atomic E-state index is 0.240. The molecule has 0 aromatic heterocycles. The lowest BCUT2D eigenvalue weighted by Crippen LogP contribution is -2.22. The van der Waals surface area contributed by atoms with Crippen LogP contribution in [0.15, 0.2) is 18.2 Å². The smallest absolute Gasteiger partial charge is 0.189 e. The lowest BCUT2D eigenvalue weighted by Gasteiger charge is -2.15. The summed E-state index contributed by atoms with van der Waals surface area (Å²) in [6.45, 7) is 7.93. The van der Waals surface area contributed by atoms with Crippen molar-refractivity contribution in [1.29, 1.82) is 0 Å². The van der Waals surface area contributed by atoms with E-state index in [0.717, 1.165) is 16.2 Å². The van der Waals surface area contributed by atoms with Gasteiger partial charge in [-0.1, -0.05) is 25.7 Å². The number of benzene rings is 1. The van der Waals surface area contributed by atoms with Gasteiger partial charge < -0.3 is 14.6 Å². The fourth-order valence-electron chi connectivity index (χ4n) is 1.15. The molecule has 0 atom stereocenters. The van der Waals surface area contributed by atoms with Crippen molar-refractivity contribution < 1.29 is 14.6 Å². The van der Waals surface area contributed by atoms with E-state index in [4.69, 9.17) is 9.47 Å². The maximum absolute atomic E-state index is 9.49. The van der Waals surface area contributed by atoms with Crippen LogP contribution in [0.3, 0.4) is 0 Å². The summed E-state index contributed by atoms with van der Waals surface area (Å²) in [5, 5.41) is 9.49. The third-order valence-electron chi connectivity index (χ3n) is 2.24. The van der Waals surface area contributed by atoms with Crippen LogP contribution in [0.4, 0.5) is 0 Å². The molecule has 17 heavy (non-hydrogen) atoms. The molecule has 0 fully saturated rings. The maximum Gasteiger partial charge on any atom is 0.189 e. The van der Waals surface area contributed by atoms with Gasteiger partial charge in [0, 0.05) is 14.7 Å². The fourth-order valence-corrected chi connectivity index (χ4v) is 2.43. The van der Waals surface area contributed by atoms with Gasteiger partial charge in [0.2, 0.25) is 0 Å². The summed E-state index contributed by atoms with van der Waals surface area (Å²) in [5.74, 6) is 0.906. The first-order chi connectivity index (χ1) is 7.90. The summed E-state index contributed by atoms with van der Waals surface area (Å²) >= 11 is 2.06. The molecule has 0 aliphatic carbocycles. The van der Waals surface area contributed by atoms with Gasteiger partial charge in [0.25, 0.3) is 0 Å². The number of halogens is 1. The zero-order valence-corrected chi connectivity index (χ0v) is 13.7. The van der Waals surface area contributed by atoms with Crippen molar-refractivity contribution in [2.75, 3.05) is 13.4 Å². The van der Waals surface area contributed by atoms with Gasteiger partial charge in [-0.15, -0.1) is 0 Å². The van der Waals surface area contributed by atoms with Crippen LogP contribution in [0.2, 0.25) is 25.7 Å². The molecule has 1 N–H and O–H groups in total. The lowest BCUT2D eigenvalue weighted by molar-refractivity contribution is 0.0214. The Morgan fingerprint density at radius 3 is 2.65 bits per heavy atom. The predicted molar refractivity (Wildman–Crippen MR) is 80.4 cm³/mol. The molecule has 5 heteroatoms. The van der Waals surface area contributed by atoms with Gasteiger partial charge in [-0.2, -0.15) is 0 Å². The Hall–Kier alpha value is -0.273. The standard InChI is InChI=1S/C12H19IO3Si/c1-17(2,3)8-7-15-9-16-11-6-4-5-10(14)12(11)13/h4-6,14H,7-9H2,1-3H3. The SMILES string of the molecule is C[Si](C)(C)CCOCOc1cccc(O)c1I. The van der Waals surface area contributed by atoms with E-state index in [0.29, 0.717) is 5.75 Å².